The highest BCUT2D eigenvalue weighted by Gasteiger charge is 2.68. The molecule has 0 aliphatic heterocycles. The number of rotatable bonds is 2. The molecular formula is C12H23NO. The molecule has 0 aromatic rings. The summed E-state index contributed by atoms with van der Waals surface area (Å²) in [6, 6.07) is 0. The molecule has 82 valence electrons. The van der Waals surface area contributed by atoms with Crippen molar-refractivity contribution in [1.29, 1.82) is 0 Å². The van der Waals surface area contributed by atoms with Gasteiger partial charge in [-0.25, -0.2) is 0 Å². The molecular weight excluding hydrogens is 174 g/mol. The fourth-order valence-electron chi connectivity index (χ4n) is 3.83. The summed E-state index contributed by atoms with van der Waals surface area (Å²) in [5.41, 5.74) is 6.31. The molecule has 0 heterocycles. The van der Waals surface area contributed by atoms with E-state index in [4.69, 9.17) is 5.73 Å². The second-order valence-electron chi connectivity index (χ2n) is 5.76. The number of aliphatic hydroxyl groups excluding tert-OH is 1. The molecule has 4 atom stereocenters. The van der Waals surface area contributed by atoms with Gasteiger partial charge in [0.15, 0.2) is 0 Å². The fourth-order valence-corrected chi connectivity index (χ4v) is 3.83. The van der Waals surface area contributed by atoms with Crippen molar-refractivity contribution in [3.8, 4) is 0 Å². The second-order valence-corrected chi connectivity index (χ2v) is 5.76. The number of nitrogens with two attached hydrogens (primary N) is 1. The molecule has 1 spiro atoms. The molecule has 4 unspecified atom stereocenters. The van der Waals surface area contributed by atoms with Crippen molar-refractivity contribution < 1.29 is 5.11 Å². The van der Waals surface area contributed by atoms with E-state index in [0.717, 1.165) is 11.8 Å². The summed E-state index contributed by atoms with van der Waals surface area (Å²) in [5, 5.41) is 9.50. The first-order valence-electron chi connectivity index (χ1n) is 5.91. The minimum Gasteiger partial charge on any atom is -0.396 e. The number of hydrogen-bond donors (Lipinski definition) is 2. The van der Waals surface area contributed by atoms with Gasteiger partial charge >= 0.3 is 0 Å². The predicted molar refractivity (Wildman–Crippen MR) is 57.8 cm³/mol. The Morgan fingerprint density at radius 3 is 2.57 bits per heavy atom. The SMILES string of the molecule is CC1CCC(C)C2(C1)CC2(CN)CO. The van der Waals surface area contributed by atoms with Crippen molar-refractivity contribution in [3.05, 3.63) is 0 Å². The van der Waals surface area contributed by atoms with Crippen molar-refractivity contribution in [3.63, 3.8) is 0 Å². The van der Waals surface area contributed by atoms with E-state index in [9.17, 15) is 5.11 Å². The van der Waals surface area contributed by atoms with Crippen molar-refractivity contribution in [1.82, 2.24) is 0 Å². The molecule has 2 rings (SSSR count). The largest absolute Gasteiger partial charge is 0.396 e. The van der Waals surface area contributed by atoms with Crippen LogP contribution in [0.3, 0.4) is 0 Å². The van der Waals surface area contributed by atoms with Gasteiger partial charge in [0.1, 0.15) is 0 Å². The normalized spacial score (nSPS) is 52.3. The van der Waals surface area contributed by atoms with Gasteiger partial charge < -0.3 is 10.8 Å². The molecule has 3 N–H and O–H groups in total. The molecule has 0 bridgehead atoms. The Kier molecular flexibility index (Phi) is 2.39. The van der Waals surface area contributed by atoms with Crippen LogP contribution in [-0.2, 0) is 0 Å². The van der Waals surface area contributed by atoms with E-state index in [1.54, 1.807) is 0 Å². The van der Waals surface area contributed by atoms with Crippen molar-refractivity contribution in [2.75, 3.05) is 13.2 Å². The Labute approximate surface area is 86.9 Å². The minimum absolute atomic E-state index is 0.0844. The lowest BCUT2D eigenvalue weighted by Gasteiger charge is -2.37. The molecule has 2 saturated carbocycles. The Morgan fingerprint density at radius 2 is 2.07 bits per heavy atom. The summed E-state index contributed by atoms with van der Waals surface area (Å²) in [7, 11) is 0. The Balaban J connectivity index is 2.16. The van der Waals surface area contributed by atoms with Crippen LogP contribution in [0.15, 0.2) is 0 Å². The molecule has 2 aliphatic rings. The van der Waals surface area contributed by atoms with Gasteiger partial charge in [0.05, 0.1) is 6.61 Å². The average molecular weight is 197 g/mol. The van der Waals surface area contributed by atoms with E-state index < -0.39 is 0 Å². The van der Waals surface area contributed by atoms with Crippen LogP contribution in [0.5, 0.6) is 0 Å². The monoisotopic (exact) mass is 197 g/mol. The second kappa shape index (κ2) is 3.21. The van der Waals surface area contributed by atoms with Gasteiger partial charge in [-0.2, -0.15) is 0 Å². The lowest BCUT2D eigenvalue weighted by Crippen LogP contribution is -2.34. The Bertz CT molecular complexity index is 224. The zero-order valence-corrected chi connectivity index (χ0v) is 9.42. The molecule has 14 heavy (non-hydrogen) atoms. The van der Waals surface area contributed by atoms with Crippen LogP contribution in [0.4, 0.5) is 0 Å². The summed E-state index contributed by atoms with van der Waals surface area (Å²) >= 11 is 0. The smallest absolute Gasteiger partial charge is 0.0505 e. The first-order valence-corrected chi connectivity index (χ1v) is 5.91. The highest BCUT2D eigenvalue weighted by Crippen LogP contribution is 2.72. The van der Waals surface area contributed by atoms with Gasteiger partial charge in [-0.05, 0) is 36.5 Å². The Hall–Kier alpha value is -0.0800. The molecule has 2 fully saturated rings. The van der Waals surface area contributed by atoms with Crippen LogP contribution in [0, 0.1) is 22.7 Å². The van der Waals surface area contributed by atoms with Crippen LogP contribution in [0.25, 0.3) is 0 Å². The van der Waals surface area contributed by atoms with Crippen LogP contribution in [0.1, 0.15) is 39.5 Å². The molecule has 0 aromatic carbocycles. The molecule has 2 aliphatic carbocycles. The van der Waals surface area contributed by atoms with Gasteiger partial charge in [0.25, 0.3) is 0 Å². The summed E-state index contributed by atoms with van der Waals surface area (Å²) in [4.78, 5) is 0. The standard InChI is InChI=1S/C12H23NO/c1-9-3-4-10(2)12(5-9)6-11(12,7-13)8-14/h9-10,14H,3-8,13H2,1-2H3. The maximum Gasteiger partial charge on any atom is 0.0505 e. The van der Waals surface area contributed by atoms with Gasteiger partial charge in [0, 0.05) is 12.0 Å². The molecule has 0 aromatic heterocycles. The summed E-state index contributed by atoms with van der Waals surface area (Å²) < 4.78 is 0. The number of hydrogen-bond acceptors (Lipinski definition) is 2. The summed E-state index contributed by atoms with van der Waals surface area (Å²) in [6.45, 7) is 5.64. The van der Waals surface area contributed by atoms with Crippen molar-refractivity contribution in [2.45, 2.75) is 39.5 Å². The van der Waals surface area contributed by atoms with E-state index >= 15 is 0 Å². The number of aliphatic hydroxyl groups is 1. The predicted octanol–water partition coefficient (Wildman–Crippen LogP) is 1.77. The van der Waals surface area contributed by atoms with Crippen LogP contribution >= 0.6 is 0 Å². The average Bonchev–Trinajstić information content (AvgIpc) is 2.82. The summed E-state index contributed by atoms with van der Waals surface area (Å²) in [6.07, 6.45) is 5.13. The van der Waals surface area contributed by atoms with E-state index in [1.165, 1.54) is 25.7 Å². The molecule has 2 nitrogen and oxygen atoms in total. The topological polar surface area (TPSA) is 46.2 Å². The lowest BCUT2D eigenvalue weighted by molar-refractivity contribution is 0.0931. The molecule has 0 saturated heterocycles. The quantitative estimate of drug-likeness (QED) is 0.708. The van der Waals surface area contributed by atoms with Gasteiger partial charge in [0.2, 0.25) is 0 Å². The zero-order chi connectivity index (χ0) is 10.4. The highest BCUT2D eigenvalue weighted by molar-refractivity contribution is 5.18. The van der Waals surface area contributed by atoms with Gasteiger partial charge in [-0.15, -0.1) is 0 Å². The minimum atomic E-state index is 0.0844. The zero-order valence-electron chi connectivity index (χ0n) is 9.42. The van der Waals surface area contributed by atoms with E-state index in [-0.39, 0.29) is 5.41 Å². The van der Waals surface area contributed by atoms with Gasteiger partial charge in [-0.1, -0.05) is 20.3 Å². The third-order valence-electron chi connectivity index (χ3n) is 5.03. The van der Waals surface area contributed by atoms with Crippen molar-refractivity contribution in [2.24, 2.45) is 28.4 Å². The molecule has 2 heteroatoms. The van der Waals surface area contributed by atoms with Crippen LogP contribution < -0.4 is 5.73 Å². The lowest BCUT2D eigenvalue weighted by atomic mass is 9.69. The highest BCUT2D eigenvalue weighted by atomic mass is 16.3. The van der Waals surface area contributed by atoms with Crippen molar-refractivity contribution >= 4 is 0 Å². The first kappa shape index (κ1) is 10.4. The third kappa shape index (κ3) is 1.17. The first-order chi connectivity index (χ1) is 6.60. The maximum atomic E-state index is 9.50. The van der Waals surface area contributed by atoms with E-state index in [2.05, 4.69) is 13.8 Å². The maximum absolute atomic E-state index is 9.50. The summed E-state index contributed by atoms with van der Waals surface area (Å²) in [5.74, 6) is 1.58. The van der Waals surface area contributed by atoms with Gasteiger partial charge in [-0.3, -0.25) is 0 Å². The Morgan fingerprint density at radius 1 is 1.36 bits per heavy atom. The van der Waals surface area contributed by atoms with Crippen LogP contribution in [-0.4, -0.2) is 18.3 Å². The molecule has 0 radical (unpaired) electrons. The van der Waals surface area contributed by atoms with E-state index in [1.807, 2.05) is 0 Å². The third-order valence-corrected chi connectivity index (χ3v) is 5.03. The van der Waals surface area contributed by atoms with Crippen LogP contribution in [0.2, 0.25) is 0 Å². The molecule has 0 amide bonds. The van der Waals surface area contributed by atoms with E-state index in [0.29, 0.717) is 18.6 Å². The fraction of sp³-hybridized carbons (Fsp3) is 1.00.